The highest BCUT2D eigenvalue weighted by atomic mass is 15.1. The van der Waals surface area contributed by atoms with Crippen LogP contribution in [0.4, 0.5) is 0 Å². The summed E-state index contributed by atoms with van der Waals surface area (Å²) in [6.45, 7) is 19.4. The van der Waals surface area contributed by atoms with Gasteiger partial charge in [-0.1, -0.05) is 44.7 Å². The highest BCUT2D eigenvalue weighted by molar-refractivity contribution is 5.39. The molecule has 1 heteroatoms. The van der Waals surface area contributed by atoms with E-state index in [0.717, 1.165) is 11.6 Å². The number of allylic oxidation sites excluding steroid dienone is 5. The van der Waals surface area contributed by atoms with Crippen molar-refractivity contribution in [1.82, 2.24) is 4.90 Å². The molecule has 1 rings (SSSR count). The van der Waals surface area contributed by atoms with E-state index in [1.54, 1.807) is 0 Å². The highest BCUT2D eigenvalue weighted by Crippen LogP contribution is 2.37. The third-order valence-corrected chi connectivity index (χ3v) is 4.16. The van der Waals surface area contributed by atoms with Gasteiger partial charge in [-0.25, -0.2) is 0 Å². The van der Waals surface area contributed by atoms with Crippen LogP contribution in [0, 0.1) is 11.8 Å². The zero-order chi connectivity index (χ0) is 15.4. The molecule has 0 aromatic heterocycles. The molecule has 1 fully saturated rings. The maximum absolute atomic E-state index is 4.22. The summed E-state index contributed by atoms with van der Waals surface area (Å²) in [5.41, 5.74) is 4.99. The molecule has 1 aliphatic carbocycles. The van der Waals surface area contributed by atoms with E-state index in [1.165, 1.54) is 29.6 Å². The summed E-state index contributed by atoms with van der Waals surface area (Å²) in [6, 6.07) is 0.471. The van der Waals surface area contributed by atoms with Crippen molar-refractivity contribution in [3.8, 4) is 0 Å². The fourth-order valence-electron chi connectivity index (χ4n) is 2.08. The number of nitrogens with zero attached hydrogens (tertiary/aromatic N) is 1. The lowest BCUT2D eigenvalue weighted by Gasteiger charge is -2.26. The van der Waals surface area contributed by atoms with Gasteiger partial charge in [-0.05, 0) is 56.6 Å². The molecule has 0 aromatic carbocycles. The molecule has 0 aromatic rings. The number of rotatable bonds is 7. The predicted octanol–water partition coefficient (Wildman–Crippen LogP) is 5.34. The Morgan fingerprint density at radius 1 is 1.10 bits per heavy atom. The Bertz CT molecular complexity index is 431. The van der Waals surface area contributed by atoms with Crippen molar-refractivity contribution in [2.24, 2.45) is 11.8 Å². The molecule has 0 saturated heterocycles. The van der Waals surface area contributed by atoms with Gasteiger partial charge >= 0.3 is 0 Å². The molecule has 0 unspecified atom stereocenters. The van der Waals surface area contributed by atoms with Crippen molar-refractivity contribution >= 4 is 0 Å². The first-order valence-electron chi connectivity index (χ1n) is 7.74. The van der Waals surface area contributed by atoms with E-state index in [4.69, 9.17) is 0 Å². The molecule has 0 aliphatic heterocycles. The predicted molar refractivity (Wildman–Crippen MR) is 90.6 cm³/mol. The van der Waals surface area contributed by atoms with E-state index in [-0.39, 0.29) is 0 Å². The van der Waals surface area contributed by atoms with E-state index < -0.39 is 0 Å². The topological polar surface area (TPSA) is 3.24 Å². The fourth-order valence-corrected chi connectivity index (χ4v) is 2.08. The zero-order valence-electron chi connectivity index (χ0n) is 14.2. The molecule has 0 spiro atoms. The number of hydrogen-bond acceptors (Lipinski definition) is 1. The van der Waals surface area contributed by atoms with Crippen LogP contribution in [0.5, 0.6) is 0 Å². The summed E-state index contributed by atoms with van der Waals surface area (Å²) in [5, 5.41) is 0. The summed E-state index contributed by atoms with van der Waals surface area (Å²) >= 11 is 0. The Labute approximate surface area is 125 Å². The Morgan fingerprint density at radius 2 is 1.65 bits per heavy atom. The molecular formula is C19H31N. The highest BCUT2D eigenvalue weighted by Gasteiger charge is 2.23. The van der Waals surface area contributed by atoms with Crippen LogP contribution in [0.1, 0.15) is 47.5 Å². The lowest BCUT2D eigenvalue weighted by molar-refractivity contribution is 0.351. The quantitative estimate of drug-likeness (QED) is 0.566. The second-order valence-electron chi connectivity index (χ2n) is 6.63. The average Bonchev–Trinajstić information content (AvgIpc) is 3.19. The SMILES string of the molecule is C=C(/C=C(\C=C(/C)C(=C)N(C)C(C)C)C(C)C)C1CC1. The van der Waals surface area contributed by atoms with E-state index in [9.17, 15) is 0 Å². The van der Waals surface area contributed by atoms with Crippen molar-refractivity contribution in [1.29, 1.82) is 0 Å². The van der Waals surface area contributed by atoms with Crippen LogP contribution >= 0.6 is 0 Å². The van der Waals surface area contributed by atoms with E-state index in [2.05, 4.69) is 71.9 Å². The minimum atomic E-state index is 0.471. The molecule has 0 radical (unpaired) electrons. The van der Waals surface area contributed by atoms with Gasteiger partial charge in [0.1, 0.15) is 0 Å². The first-order valence-corrected chi connectivity index (χ1v) is 7.74. The number of hydrogen-bond donors (Lipinski definition) is 0. The van der Waals surface area contributed by atoms with Crippen LogP contribution in [-0.4, -0.2) is 18.0 Å². The minimum Gasteiger partial charge on any atom is -0.372 e. The molecule has 0 bridgehead atoms. The third kappa shape index (κ3) is 4.70. The summed E-state index contributed by atoms with van der Waals surface area (Å²) in [5.74, 6) is 1.25. The van der Waals surface area contributed by atoms with E-state index in [0.29, 0.717) is 12.0 Å². The van der Waals surface area contributed by atoms with Crippen LogP contribution in [-0.2, 0) is 0 Å². The molecule has 0 heterocycles. The van der Waals surface area contributed by atoms with Gasteiger partial charge in [0.05, 0.1) is 0 Å². The molecule has 1 nitrogen and oxygen atoms in total. The summed E-state index contributed by atoms with van der Waals surface area (Å²) in [7, 11) is 2.10. The maximum Gasteiger partial charge on any atom is 0.0322 e. The Balaban J connectivity index is 2.90. The normalized spacial score (nSPS) is 16.8. The third-order valence-electron chi connectivity index (χ3n) is 4.16. The van der Waals surface area contributed by atoms with Crippen LogP contribution in [0.15, 0.2) is 47.7 Å². The minimum absolute atomic E-state index is 0.471. The fraction of sp³-hybridized carbons (Fsp3) is 0.579. The van der Waals surface area contributed by atoms with E-state index in [1.807, 2.05) is 0 Å². The lowest BCUT2D eigenvalue weighted by Crippen LogP contribution is -2.25. The van der Waals surface area contributed by atoms with Gasteiger partial charge in [0, 0.05) is 18.8 Å². The molecule has 1 aliphatic rings. The maximum atomic E-state index is 4.22. The second-order valence-corrected chi connectivity index (χ2v) is 6.63. The van der Waals surface area contributed by atoms with Gasteiger partial charge in [0.2, 0.25) is 0 Å². The first-order chi connectivity index (χ1) is 9.23. The zero-order valence-corrected chi connectivity index (χ0v) is 14.2. The monoisotopic (exact) mass is 273 g/mol. The first kappa shape index (κ1) is 16.8. The van der Waals surface area contributed by atoms with Crippen LogP contribution in [0.25, 0.3) is 0 Å². The summed E-state index contributed by atoms with van der Waals surface area (Å²) in [6.07, 6.45) is 7.19. The largest absolute Gasteiger partial charge is 0.372 e. The smallest absolute Gasteiger partial charge is 0.0322 e. The lowest BCUT2D eigenvalue weighted by atomic mass is 9.96. The Hall–Kier alpha value is -1.24. The van der Waals surface area contributed by atoms with Crippen molar-refractivity contribution in [2.45, 2.75) is 53.5 Å². The van der Waals surface area contributed by atoms with Crippen molar-refractivity contribution in [2.75, 3.05) is 7.05 Å². The molecule has 0 amide bonds. The Kier molecular flexibility index (Phi) is 5.86. The molecular weight excluding hydrogens is 242 g/mol. The standard InChI is InChI=1S/C19H31N/c1-13(2)19(12-16(6)18-9-10-18)11-15(5)17(7)20(8)14(3)4/h11-14,18H,6-7,9-10H2,1-5,8H3/b15-11+,19-12+. The second kappa shape index (κ2) is 6.97. The molecule has 20 heavy (non-hydrogen) atoms. The van der Waals surface area contributed by atoms with Gasteiger partial charge < -0.3 is 4.90 Å². The summed E-state index contributed by atoms with van der Waals surface area (Å²) < 4.78 is 0. The van der Waals surface area contributed by atoms with Crippen molar-refractivity contribution in [3.05, 3.63) is 47.7 Å². The van der Waals surface area contributed by atoms with Crippen LogP contribution in [0.3, 0.4) is 0 Å². The summed E-state index contributed by atoms with van der Waals surface area (Å²) in [4.78, 5) is 2.22. The van der Waals surface area contributed by atoms with Crippen molar-refractivity contribution in [3.63, 3.8) is 0 Å². The Morgan fingerprint density at radius 3 is 2.05 bits per heavy atom. The average molecular weight is 273 g/mol. The molecule has 1 saturated carbocycles. The molecule has 112 valence electrons. The van der Waals surface area contributed by atoms with Gasteiger partial charge in [0.25, 0.3) is 0 Å². The van der Waals surface area contributed by atoms with Gasteiger partial charge in [-0.3, -0.25) is 0 Å². The van der Waals surface area contributed by atoms with Gasteiger partial charge in [-0.15, -0.1) is 0 Å². The van der Waals surface area contributed by atoms with Gasteiger partial charge in [-0.2, -0.15) is 0 Å². The number of likely N-dealkylation sites (N-methyl/N-ethyl adjacent to an activating group) is 1. The van der Waals surface area contributed by atoms with Crippen LogP contribution < -0.4 is 0 Å². The molecule has 0 N–H and O–H groups in total. The van der Waals surface area contributed by atoms with Gasteiger partial charge in [0.15, 0.2) is 0 Å². The van der Waals surface area contributed by atoms with E-state index >= 15 is 0 Å². The van der Waals surface area contributed by atoms with Crippen LogP contribution in [0.2, 0.25) is 0 Å². The molecule has 0 atom stereocenters. The van der Waals surface area contributed by atoms with Crippen molar-refractivity contribution < 1.29 is 0 Å².